The van der Waals surface area contributed by atoms with Crippen LogP contribution in [0.3, 0.4) is 0 Å². The fourth-order valence-electron chi connectivity index (χ4n) is 3.17. The summed E-state index contributed by atoms with van der Waals surface area (Å²) in [6.07, 6.45) is 7.71. The Labute approximate surface area is 126 Å². The van der Waals surface area contributed by atoms with Gasteiger partial charge in [0.2, 0.25) is 0 Å². The van der Waals surface area contributed by atoms with Gasteiger partial charge in [-0.25, -0.2) is 8.91 Å². The second kappa shape index (κ2) is 5.09. The van der Waals surface area contributed by atoms with Crippen LogP contribution in [-0.2, 0) is 19.4 Å². The van der Waals surface area contributed by atoms with E-state index in [1.807, 2.05) is 6.20 Å². The van der Waals surface area contributed by atoms with Crippen LogP contribution < -0.4 is 5.56 Å². The maximum atomic E-state index is 13.0. The molecular weight excluding hydrogens is 281 g/mol. The highest BCUT2D eigenvalue weighted by atomic mass is 19.1. The predicted molar refractivity (Wildman–Crippen MR) is 81.6 cm³/mol. The molecule has 1 aliphatic carbocycles. The first kappa shape index (κ1) is 13.2. The van der Waals surface area contributed by atoms with Crippen molar-refractivity contribution >= 4 is 5.52 Å². The highest BCUT2D eigenvalue weighted by molar-refractivity contribution is 5.55. The Balaban J connectivity index is 1.80. The summed E-state index contributed by atoms with van der Waals surface area (Å²) in [4.78, 5) is 12.8. The number of aromatic nitrogens is 3. The van der Waals surface area contributed by atoms with Crippen molar-refractivity contribution in [2.24, 2.45) is 0 Å². The first-order valence-corrected chi connectivity index (χ1v) is 7.56. The molecule has 0 unspecified atom stereocenters. The minimum absolute atomic E-state index is 0.0255. The van der Waals surface area contributed by atoms with Crippen LogP contribution in [0.4, 0.5) is 4.39 Å². The zero-order valence-electron chi connectivity index (χ0n) is 12.1. The van der Waals surface area contributed by atoms with Gasteiger partial charge in [0.05, 0.1) is 12.2 Å². The van der Waals surface area contributed by atoms with E-state index in [4.69, 9.17) is 0 Å². The van der Waals surface area contributed by atoms with Crippen molar-refractivity contribution < 1.29 is 4.39 Å². The number of aryl methyl sites for hydroxylation is 2. The smallest absolute Gasteiger partial charge is 0.277 e. The molecule has 4 rings (SSSR count). The van der Waals surface area contributed by atoms with Gasteiger partial charge >= 0.3 is 0 Å². The number of hydrogen-bond acceptors (Lipinski definition) is 2. The molecule has 0 atom stereocenters. The van der Waals surface area contributed by atoms with Gasteiger partial charge in [-0.1, -0.05) is 12.1 Å². The van der Waals surface area contributed by atoms with Crippen molar-refractivity contribution in [3.63, 3.8) is 0 Å². The molecule has 0 saturated heterocycles. The van der Waals surface area contributed by atoms with Gasteiger partial charge in [0.1, 0.15) is 11.3 Å². The van der Waals surface area contributed by atoms with Crippen LogP contribution in [0.2, 0.25) is 0 Å². The molecule has 0 saturated carbocycles. The van der Waals surface area contributed by atoms with Crippen LogP contribution in [0.5, 0.6) is 0 Å². The van der Waals surface area contributed by atoms with Crippen molar-refractivity contribution in [2.75, 3.05) is 0 Å². The first-order chi connectivity index (χ1) is 10.7. The summed E-state index contributed by atoms with van der Waals surface area (Å²) in [5.41, 5.74) is 3.73. The second-order valence-corrected chi connectivity index (χ2v) is 5.78. The highest BCUT2D eigenvalue weighted by Crippen LogP contribution is 2.22. The molecule has 0 spiro atoms. The number of benzene rings is 1. The zero-order valence-corrected chi connectivity index (χ0v) is 12.1. The lowest BCUT2D eigenvalue weighted by Crippen LogP contribution is -2.22. The number of halogens is 1. The topological polar surface area (TPSA) is 39.3 Å². The van der Waals surface area contributed by atoms with Gasteiger partial charge in [0, 0.05) is 18.0 Å². The van der Waals surface area contributed by atoms with Crippen LogP contribution in [0.1, 0.15) is 29.7 Å². The number of hydrogen-bond donors (Lipinski definition) is 0. The van der Waals surface area contributed by atoms with E-state index in [9.17, 15) is 9.18 Å². The monoisotopic (exact) mass is 297 g/mol. The molecule has 0 bridgehead atoms. The van der Waals surface area contributed by atoms with Gasteiger partial charge in [-0.05, 0) is 43.4 Å². The molecule has 4 nitrogen and oxygen atoms in total. The van der Waals surface area contributed by atoms with Gasteiger partial charge in [-0.2, -0.15) is 5.10 Å². The van der Waals surface area contributed by atoms with E-state index >= 15 is 0 Å². The Kier molecular flexibility index (Phi) is 3.06. The Hall–Kier alpha value is -2.43. The predicted octanol–water partition coefficient (Wildman–Crippen LogP) is 2.56. The van der Waals surface area contributed by atoms with Crippen LogP contribution >= 0.6 is 0 Å². The van der Waals surface area contributed by atoms with Gasteiger partial charge in [0.15, 0.2) is 0 Å². The minimum Gasteiger partial charge on any atom is -0.308 e. The number of rotatable bonds is 2. The third-order valence-corrected chi connectivity index (χ3v) is 4.30. The third kappa shape index (κ3) is 2.13. The molecule has 0 radical (unpaired) electrons. The van der Waals surface area contributed by atoms with Gasteiger partial charge in [0.25, 0.3) is 5.56 Å². The Morgan fingerprint density at radius 2 is 1.86 bits per heavy atom. The molecule has 0 amide bonds. The summed E-state index contributed by atoms with van der Waals surface area (Å²) in [5, 5.41) is 4.53. The molecule has 5 heteroatoms. The standard InChI is InChI=1S/C17H16FN3O/c18-13-7-5-12(6-8-13)11-20-9-10-21-16(17(20)22)14-3-1-2-4-15(14)19-21/h5-10H,1-4,11H2. The van der Waals surface area contributed by atoms with E-state index in [0.717, 1.165) is 42.5 Å². The largest absolute Gasteiger partial charge is 0.308 e. The van der Waals surface area contributed by atoms with Crippen molar-refractivity contribution in [1.29, 1.82) is 0 Å². The molecule has 0 fully saturated rings. The van der Waals surface area contributed by atoms with Gasteiger partial charge in [-0.15, -0.1) is 0 Å². The molecule has 2 heterocycles. The maximum Gasteiger partial charge on any atom is 0.277 e. The van der Waals surface area contributed by atoms with E-state index in [1.54, 1.807) is 27.4 Å². The Bertz CT molecular complexity index is 893. The molecule has 3 aromatic rings. The number of fused-ring (bicyclic) bond motifs is 3. The van der Waals surface area contributed by atoms with Crippen LogP contribution in [0, 0.1) is 5.82 Å². The van der Waals surface area contributed by atoms with Crippen molar-refractivity contribution in [1.82, 2.24) is 14.2 Å². The third-order valence-electron chi connectivity index (χ3n) is 4.30. The average Bonchev–Trinajstić information content (AvgIpc) is 2.91. The van der Waals surface area contributed by atoms with E-state index in [2.05, 4.69) is 5.10 Å². The van der Waals surface area contributed by atoms with Gasteiger partial charge in [-0.3, -0.25) is 4.79 Å². The quantitative estimate of drug-likeness (QED) is 0.729. The Morgan fingerprint density at radius 3 is 2.68 bits per heavy atom. The van der Waals surface area contributed by atoms with Crippen LogP contribution in [0.25, 0.3) is 5.52 Å². The highest BCUT2D eigenvalue weighted by Gasteiger charge is 2.19. The molecule has 0 aliphatic heterocycles. The summed E-state index contributed by atoms with van der Waals surface area (Å²) in [6, 6.07) is 6.24. The summed E-state index contributed by atoms with van der Waals surface area (Å²) < 4.78 is 16.4. The lowest BCUT2D eigenvalue weighted by atomic mass is 9.97. The molecule has 0 N–H and O–H groups in total. The first-order valence-electron chi connectivity index (χ1n) is 7.56. The molecule has 112 valence electrons. The summed E-state index contributed by atoms with van der Waals surface area (Å²) in [5.74, 6) is -0.267. The molecule has 2 aromatic heterocycles. The van der Waals surface area contributed by atoms with E-state index in [0.29, 0.717) is 12.1 Å². The van der Waals surface area contributed by atoms with Crippen molar-refractivity contribution in [3.05, 3.63) is 69.7 Å². The fraction of sp³-hybridized carbons (Fsp3) is 0.294. The zero-order chi connectivity index (χ0) is 15.1. The van der Waals surface area contributed by atoms with E-state index in [-0.39, 0.29) is 11.4 Å². The number of nitrogens with zero attached hydrogens (tertiary/aromatic N) is 3. The molecule has 1 aromatic carbocycles. The molecular formula is C17H16FN3O. The maximum absolute atomic E-state index is 13.0. The summed E-state index contributed by atoms with van der Waals surface area (Å²) in [6.45, 7) is 0.440. The fourth-order valence-corrected chi connectivity index (χ4v) is 3.17. The van der Waals surface area contributed by atoms with E-state index < -0.39 is 0 Å². The summed E-state index contributed by atoms with van der Waals surface area (Å²) >= 11 is 0. The van der Waals surface area contributed by atoms with Crippen LogP contribution in [0.15, 0.2) is 41.5 Å². The SMILES string of the molecule is O=c1c2c3c(nn2ccn1Cc1ccc(F)cc1)CCCC3. The molecule has 22 heavy (non-hydrogen) atoms. The lowest BCUT2D eigenvalue weighted by Gasteiger charge is -2.09. The van der Waals surface area contributed by atoms with Gasteiger partial charge < -0.3 is 4.57 Å². The van der Waals surface area contributed by atoms with Crippen molar-refractivity contribution in [2.45, 2.75) is 32.2 Å². The lowest BCUT2D eigenvalue weighted by molar-refractivity contribution is 0.626. The molecule has 1 aliphatic rings. The van der Waals surface area contributed by atoms with Crippen molar-refractivity contribution in [3.8, 4) is 0 Å². The average molecular weight is 297 g/mol. The second-order valence-electron chi connectivity index (χ2n) is 5.78. The van der Waals surface area contributed by atoms with Crippen LogP contribution in [-0.4, -0.2) is 14.2 Å². The normalized spacial score (nSPS) is 14.2. The minimum atomic E-state index is -0.267. The Morgan fingerprint density at radius 1 is 1.09 bits per heavy atom. The van der Waals surface area contributed by atoms with E-state index in [1.165, 1.54) is 12.1 Å². The summed E-state index contributed by atoms with van der Waals surface area (Å²) in [7, 11) is 0.